The second kappa shape index (κ2) is 6.10. The Morgan fingerprint density at radius 3 is 2.76 bits per heavy atom. The summed E-state index contributed by atoms with van der Waals surface area (Å²) in [5.74, 6) is -0.119. The number of benzene rings is 1. The van der Waals surface area contributed by atoms with Gasteiger partial charge in [0.1, 0.15) is 6.04 Å². The van der Waals surface area contributed by atoms with Gasteiger partial charge in [0, 0.05) is 17.1 Å². The molecule has 0 bridgehead atoms. The van der Waals surface area contributed by atoms with Gasteiger partial charge < -0.3 is 10.2 Å². The van der Waals surface area contributed by atoms with E-state index in [2.05, 4.69) is 5.32 Å². The molecule has 0 aliphatic carbocycles. The number of amides is 2. The Bertz CT molecular complexity index is 625. The number of rotatable bonds is 4. The van der Waals surface area contributed by atoms with Crippen LogP contribution in [0.3, 0.4) is 0 Å². The maximum atomic E-state index is 12.4. The molecule has 0 spiro atoms. The lowest BCUT2D eigenvalue weighted by atomic mass is 10.2. The molecule has 2 amide bonds. The maximum absolute atomic E-state index is 12.4. The van der Waals surface area contributed by atoms with Crippen LogP contribution in [-0.2, 0) is 16.0 Å². The zero-order chi connectivity index (χ0) is 14.7. The van der Waals surface area contributed by atoms with Crippen molar-refractivity contribution in [3.63, 3.8) is 0 Å². The van der Waals surface area contributed by atoms with Gasteiger partial charge in [0.25, 0.3) is 0 Å². The van der Waals surface area contributed by atoms with E-state index < -0.39 is 6.04 Å². The summed E-state index contributed by atoms with van der Waals surface area (Å²) in [6.07, 6.45) is 0.997. The number of anilines is 1. The lowest BCUT2D eigenvalue weighted by Crippen LogP contribution is -2.42. The molecule has 1 saturated heterocycles. The van der Waals surface area contributed by atoms with Crippen LogP contribution in [0.5, 0.6) is 0 Å². The van der Waals surface area contributed by atoms with Gasteiger partial charge in [0.2, 0.25) is 11.8 Å². The Morgan fingerprint density at radius 2 is 2.05 bits per heavy atom. The predicted octanol–water partition coefficient (Wildman–Crippen LogP) is 2.21. The van der Waals surface area contributed by atoms with E-state index in [-0.39, 0.29) is 11.8 Å². The van der Waals surface area contributed by atoms with Crippen LogP contribution in [0.2, 0.25) is 0 Å². The van der Waals surface area contributed by atoms with Gasteiger partial charge in [-0.3, -0.25) is 9.59 Å². The van der Waals surface area contributed by atoms with Crippen molar-refractivity contribution in [2.45, 2.75) is 18.9 Å². The number of nitrogens with zero attached hydrogens (tertiary/aromatic N) is 1. The molecule has 1 aromatic heterocycles. The first-order valence-electron chi connectivity index (χ1n) is 6.92. The van der Waals surface area contributed by atoms with Crippen LogP contribution in [0.15, 0.2) is 47.8 Å². The molecule has 5 heteroatoms. The van der Waals surface area contributed by atoms with Crippen molar-refractivity contribution < 1.29 is 9.59 Å². The molecule has 2 aromatic rings. The lowest BCUT2D eigenvalue weighted by molar-refractivity contribution is -0.126. The van der Waals surface area contributed by atoms with Crippen molar-refractivity contribution in [1.29, 1.82) is 0 Å². The van der Waals surface area contributed by atoms with Gasteiger partial charge in [-0.1, -0.05) is 24.3 Å². The SMILES string of the molecule is O=C(Cc1cccs1)NC1CCN(c2ccccc2)C1=O. The number of hydrogen-bond acceptors (Lipinski definition) is 3. The normalized spacial score (nSPS) is 18.0. The van der Waals surface area contributed by atoms with Crippen molar-refractivity contribution in [2.75, 3.05) is 11.4 Å². The third-order valence-electron chi connectivity index (χ3n) is 3.52. The molecule has 3 rings (SSSR count). The summed E-state index contributed by atoms with van der Waals surface area (Å²) >= 11 is 1.55. The molecule has 1 atom stereocenters. The molecular formula is C16H16N2O2S. The molecule has 0 saturated carbocycles. The first kappa shape index (κ1) is 13.8. The summed E-state index contributed by atoms with van der Waals surface area (Å²) in [6, 6.07) is 13.0. The lowest BCUT2D eigenvalue weighted by Gasteiger charge is -2.17. The highest BCUT2D eigenvalue weighted by Crippen LogP contribution is 2.21. The minimum atomic E-state index is -0.405. The van der Waals surface area contributed by atoms with E-state index in [0.29, 0.717) is 19.4 Å². The number of carbonyl (C=O) groups excluding carboxylic acids is 2. The average Bonchev–Trinajstić information content (AvgIpc) is 3.11. The number of hydrogen-bond donors (Lipinski definition) is 1. The van der Waals surface area contributed by atoms with Crippen molar-refractivity contribution in [3.05, 3.63) is 52.7 Å². The Kier molecular flexibility index (Phi) is 4.01. The first-order chi connectivity index (χ1) is 10.2. The molecule has 1 fully saturated rings. The van der Waals surface area contributed by atoms with E-state index in [9.17, 15) is 9.59 Å². The third kappa shape index (κ3) is 3.13. The van der Waals surface area contributed by atoms with Crippen molar-refractivity contribution in [3.8, 4) is 0 Å². The van der Waals surface area contributed by atoms with Crippen LogP contribution in [0.1, 0.15) is 11.3 Å². The largest absolute Gasteiger partial charge is 0.344 e. The molecule has 1 unspecified atom stereocenters. The summed E-state index contributed by atoms with van der Waals surface area (Å²) < 4.78 is 0. The Morgan fingerprint density at radius 1 is 1.24 bits per heavy atom. The van der Waals surface area contributed by atoms with Gasteiger partial charge in [0.15, 0.2) is 0 Å². The molecule has 0 radical (unpaired) electrons. The standard InChI is InChI=1S/C16H16N2O2S/c19-15(11-13-7-4-10-21-13)17-14-8-9-18(16(14)20)12-5-2-1-3-6-12/h1-7,10,14H,8-9,11H2,(H,17,19). The van der Waals surface area contributed by atoms with Gasteiger partial charge in [-0.15, -0.1) is 11.3 Å². The van der Waals surface area contributed by atoms with Crippen LogP contribution < -0.4 is 10.2 Å². The first-order valence-corrected chi connectivity index (χ1v) is 7.80. The zero-order valence-electron chi connectivity index (χ0n) is 11.5. The summed E-state index contributed by atoms with van der Waals surface area (Å²) in [6.45, 7) is 0.646. The van der Waals surface area contributed by atoms with Crippen LogP contribution in [0, 0.1) is 0 Å². The van der Waals surface area contributed by atoms with Crippen molar-refractivity contribution in [1.82, 2.24) is 5.32 Å². The smallest absolute Gasteiger partial charge is 0.249 e. The molecule has 1 N–H and O–H groups in total. The minimum Gasteiger partial charge on any atom is -0.344 e. The quantitative estimate of drug-likeness (QED) is 0.941. The minimum absolute atomic E-state index is 0.0271. The topological polar surface area (TPSA) is 49.4 Å². The van der Waals surface area contributed by atoms with Crippen molar-refractivity contribution >= 4 is 28.8 Å². The summed E-state index contributed by atoms with van der Waals surface area (Å²) in [4.78, 5) is 27.1. The van der Waals surface area contributed by atoms with E-state index in [1.54, 1.807) is 16.2 Å². The van der Waals surface area contributed by atoms with Crippen LogP contribution in [0.4, 0.5) is 5.69 Å². The summed E-state index contributed by atoms with van der Waals surface area (Å²) in [7, 11) is 0. The molecule has 1 aliphatic rings. The number of para-hydroxylation sites is 1. The fourth-order valence-electron chi connectivity index (χ4n) is 2.49. The van der Waals surface area contributed by atoms with Crippen molar-refractivity contribution in [2.24, 2.45) is 0 Å². The molecule has 4 nitrogen and oxygen atoms in total. The molecule has 2 heterocycles. The van der Waals surface area contributed by atoms with Gasteiger partial charge in [-0.05, 0) is 30.0 Å². The summed E-state index contributed by atoms with van der Waals surface area (Å²) in [5.41, 5.74) is 0.887. The van der Waals surface area contributed by atoms with Gasteiger partial charge in [0.05, 0.1) is 6.42 Å². The van der Waals surface area contributed by atoms with Gasteiger partial charge in [-0.25, -0.2) is 0 Å². The Hall–Kier alpha value is -2.14. The van der Waals surface area contributed by atoms with E-state index in [1.165, 1.54) is 0 Å². The zero-order valence-corrected chi connectivity index (χ0v) is 12.3. The van der Waals surface area contributed by atoms with Gasteiger partial charge in [-0.2, -0.15) is 0 Å². The van der Waals surface area contributed by atoms with E-state index in [0.717, 1.165) is 10.6 Å². The predicted molar refractivity (Wildman–Crippen MR) is 83.4 cm³/mol. The second-order valence-corrected chi connectivity index (χ2v) is 6.02. The molecule has 1 aromatic carbocycles. The highest BCUT2D eigenvalue weighted by Gasteiger charge is 2.33. The monoisotopic (exact) mass is 300 g/mol. The number of thiophene rings is 1. The number of carbonyl (C=O) groups is 2. The molecule has 21 heavy (non-hydrogen) atoms. The fourth-order valence-corrected chi connectivity index (χ4v) is 3.20. The Labute approximate surface area is 127 Å². The van der Waals surface area contributed by atoms with Crippen LogP contribution >= 0.6 is 11.3 Å². The number of nitrogens with one attached hydrogen (secondary N) is 1. The van der Waals surface area contributed by atoms with E-state index in [1.807, 2.05) is 47.8 Å². The highest BCUT2D eigenvalue weighted by molar-refractivity contribution is 7.10. The fraction of sp³-hybridized carbons (Fsp3) is 0.250. The third-order valence-corrected chi connectivity index (χ3v) is 4.40. The van der Waals surface area contributed by atoms with E-state index in [4.69, 9.17) is 0 Å². The molecular weight excluding hydrogens is 284 g/mol. The summed E-state index contributed by atoms with van der Waals surface area (Å²) in [5, 5.41) is 4.79. The average molecular weight is 300 g/mol. The van der Waals surface area contributed by atoms with Gasteiger partial charge >= 0.3 is 0 Å². The van der Waals surface area contributed by atoms with Crippen LogP contribution in [0.25, 0.3) is 0 Å². The Balaban J connectivity index is 1.60. The highest BCUT2D eigenvalue weighted by atomic mass is 32.1. The van der Waals surface area contributed by atoms with E-state index >= 15 is 0 Å². The molecule has 1 aliphatic heterocycles. The second-order valence-electron chi connectivity index (χ2n) is 4.99. The maximum Gasteiger partial charge on any atom is 0.249 e. The molecule has 108 valence electrons. The van der Waals surface area contributed by atoms with Crippen LogP contribution in [-0.4, -0.2) is 24.4 Å².